The Bertz CT molecular complexity index is 493. The zero-order valence-electron chi connectivity index (χ0n) is 9.21. The van der Waals surface area contributed by atoms with E-state index in [1.54, 1.807) is 6.08 Å². The van der Waals surface area contributed by atoms with Crippen molar-refractivity contribution in [1.82, 2.24) is 0 Å². The molecule has 0 saturated carbocycles. The zero-order valence-corrected chi connectivity index (χ0v) is 9.21. The first kappa shape index (κ1) is 11.6. The van der Waals surface area contributed by atoms with Gasteiger partial charge in [-0.2, -0.15) is 0 Å². The standard InChI is InChI=1S/C13H14N2O2/c14-11-8-9(12(16)17)6-7-13(11,15)10-4-2-1-3-5-10/h1-8,11H,14-15H2,(H,16,17). The minimum atomic E-state index is -0.994. The van der Waals surface area contributed by atoms with Crippen LogP contribution < -0.4 is 11.5 Å². The van der Waals surface area contributed by atoms with Crippen LogP contribution in [0.15, 0.2) is 54.1 Å². The summed E-state index contributed by atoms with van der Waals surface area (Å²) in [5.74, 6) is -0.994. The van der Waals surface area contributed by atoms with Gasteiger partial charge in [0.15, 0.2) is 0 Å². The number of carboxylic acid groups (broad SMARTS) is 1. The molecule has 0 spiro atoms. The average molecular weight is 230 g/mol. The van der Waals surface area contributed by atoms with E-state index in [0.717, 1.165) is 5.56 Å². The molecule has 4 heteroatoms. The van der Waals surface area contributed by atoms with Crippen molar-refractivity contribution in [1.29, 1.82) is 0 Å². The topological polar surface area (TPSA) is 89.3 Å². The van der Waals surface area contributed by atoms with Gasteiger partial charge in [0.1, 0.15) is 0 Å². The summed E-state index contributed by atoms with van der Waals surface area (Å²) >= 11 is 0. The summed E-state index contributed by atoms with van der Waals surface area (Å²) in [7, 11) is 0. The van der Waals surface area contributed by atoms with E-state index in [0.29, 0.717) is 0 Å². The highest BCUT2D eigenvalue weighted by Gasteiger charge is 2.33. The predicted octanol–water partition coefficient (Wildman–Crippen LogP) is 0.749. The van der Waals surface area contributed by atoms with Crippen LogP contribution in [0.3, 0.4) is 0 Å². The second kappa shape index (κ2) is 4.16. The van der Waals surface area contributed by atoms with Crippen molar-refractivity contribution in [2.24, 2.45) is 11.5 Å². The van der Waals surface area contributed by atoms with E-state index >= 15 is 0 Å². The van der Waals surface area contributed by atoms with E-state index in [9.17, 15) is 4.79 Å². The van der Waals surface area contributed by atoms with Crippen molar-refractivity contribution >= 4 is 5.97 Å². The molecule has 0 heterocycles. The third kappa shape index (κ3) is 2.00. The predicted molar refractivity (Wildman–Crippen MR) is 65.1 cm³/mol. The van der Waals surface area contributed by atoms with Crippen LogP contribution >= 0.6 is 0 Å². The van der Waals surface area contributed by atoms with Crippen LogP contribution in [0, 0.1) is 0 Å². The van der Waals surface area contributed by atoms with Crippen molar-refractivity contribution < 1.29 is 9.90 Å². The maximum absolute atomic E-state index is 10.8. The number of benzene rings is 1. The summed E-state index contributed by atoms with van der Waals surface area (Å²) in [6, 6.07) is 8.85. The van der Waals surface area contributed by atoms with E-state index in [1.165, 1.54) is 12.2 Å². The summed E-state index contributed by atoms with van der Waals surface area (Å²) in [5, 5.41) is 8.88. The highest BCUT2D eigenvalue weighted by atomic mass is 16.4. The van der Waals surface area contributed by atoms with Gasteiger partial charge in [-0.1, -0.05) is 42.5 Å². The maximum atomic E-state index is 10.8. The Labute approximate surface area is 99.2 Å². The Balaban J connectivity index is 2.38. The van der Waals surface area contributed by atoms with Crippen LogP contribution in [0.2, 0.25) is 0 Å². The molecule has 2 unspecified atom stereocenters. The molecule has 1 aliphatic carbocycles. The molecular formula is C13H14N2O2. The average Bonchev–Trinajstić information content (AvgIpc) is 2.33. The van der Waals surface area contributed by atoms with Crippen molar-refractivity contribution in [3.63, 3.8) is 0 Å². The molecule has 0 aliphatic heterocycles. The van der Waals surface area contributed by atoms with Gasteiger partial charge in [-0.3, -0.25) is 0 Å². The number of hydrogen-bond donors (Lipinski definition) is 3. The molecular weight excluding hydrogens is 216 g/mol. The largest absolute Gasteiger partial charge is 0.478 e. The molecule has 2 atom stereocenters. The second-order valence-electron chi connectivity index (χ2n) is 4.09. The summed E-state index contributed by atoms with van der Waals surface area (Å²) < 4.78 is 0. The molecule has 0 fully saturated rings. The van der Waals surface area contributed by atoms with Gasteiger partial charge in [-0.15, -0.1) is 0 Å². The van der Waals surface area contributed by atoms with Gasteiger partial charge in [-0.05, 0) is 11.6 Å². The monoisotopic (exact) mass is 230 g/mol. The summed E-state index contributed by atoms with van der Waals surface area (Å²) in [6.45, 7) is 0. The molecule has 4 nitrogen and oxygen atoms in total. The maximum Gasteiger partial charge on any atom is 0.335 e. The zero-order chi connectivity index (χ0) is 12.5. The minimum absolute atomic E-state index is 0.175. The summed E-state index contributed by atoms with van der Waals surface area (Å²) in [6.07, 6.45) is 4.63. The molecule has 0 amide bonds. The highest BCUT2D eigenvalue weighted by Crippen LogP contribution is 2.28. The smallest absolute Gasteiger partial charge is 0.335 e. The van der Waals surface area contributed by atoms with E-state index in [4.69, 9.17) is 16.6 Å². The lowest BCUT2D eigenvalue weighted by Crippen LogP contribution is -2.51. The Morgan fingerprint density at radius 3 is 2.47 bits per heavy atom. The molecule has 0 saturated heterocycles. The van der Waals surface area contributed by atoms with Crippen molar-refractivity contribution in [2.75, 3.05) is 0 Å². The van der Waals surface area contributed by atoms with Gasteiger partial charge < -0.3 is 16.6 Å². The van der Waals surface area contributed by atoms with Crippen molar-refractivity contribution in [2.45, 2.75) is 11.6 Å². The number of carbonyl (C=O) groups is 1. The van der Waals surface area contributed by atoms with Gasteiger partial charge in [0, 0.05) is 6.04 Å². The van der Waals surface area contributed by atoms with Crippen LogP contribution in [-0.4, -0.2) is 17.1 Å². The first-order chi connectivity index (χ1) is 8.04. The van der Waals surface area contributed by atoms with Gasteiger partial charge >= 0.3 is 5.97 Å². The van der Waals surface area contributed by atoms with Gasteiger partial charge in [-0.25, -0.2) is 4.79 Å². The van der Waals surface area contributed by atoms with Crippen LogP contribution in [0.25, 0.3) is 0 Å². The molecule has 2 rings (SSSR count). The number of aliphatic carboxylic acids is 1. The normalized spacial score (nSPS) is 27.6. The molecule has 0 bridgehead atoms. The number of nitrogens with two attached hydrogens (primary N) is 2. The van der Waals surface area contributed by atoms with Crippen LogP contribution in [0.1, 0.15) is 5.56 Å². The van der Waals surface area contributed by atoms with Crippen LogP contribution in [0.5, 0.6) is 0 Å². The first-order valence-electron chi connectivity index (χ1n) is 5.28. The number of carboxylic acids is 1. The van der Waals surface area contributed by atoms with Gasteiger partial charge in [0.2, 0.25) is 0 Å². The fraction of sp³-hybridized carbons (Fsp3) is 0.154. The van der Waals surface area contributed by atoms with Crippen LogP contribution in [0.4, 0.5) is 0 Å². The number of rotatable bonds is 2. The Morgan fingerprint density at radius 1 is 1.29 bits per heavy atom. The van der Waals surface area contributed by atoms with E-state index in [2.05, 4.69) is 0 Å². The summed E-state index contributed by atoms with van der Waals surface area (Å²) in [4.78, 5) is 10.8. The van der Waals surface area contributed by atoms with E-state index in [-0.39, 0.29) is 5.57 Å². The molecule has 0 radical (unpaired) electrons. The van der Waals surface area contributed by atoms with Gasteiger partial charge in [0.25, 0.3) is 0 Å². The Hall–Kier alpha value is -1.91. The molecule has 0 aromatic heterocycles. The lowest BCUT2D eigenvalue weighted by atomic mass is 9.79. The fourth-order valence-corrected chi connectivity index (χ4v) is 1.88. The fourth-order valence-electron chi connectivity index (χ4n) is 1.88. The third-order valence-corrected chi connectivity index (χ3v) is 2.97. The van der Waals surface area contributed by atoms with Crippen molar-refractivity contribution in [3.05, 3.63) is 59.7 Å². The lowest BCUT2D eigenvalue weighted by molar-refractivity contribution is -0.132. The molecule has 88 valence electrons. The Morgan fingerprint density at radius 2 is 1.94 bits per heavy atom. The molecule has 5 N–H and O–H groups in total. The first-order valence-corrected chi connectivity index (χ1v) is 5.28. The molecule has 1 aliphatic rings. The highest BCUT2D eigenvalue weighted by molar-refractivity contribution is 5.90. The molecule has 17 heavy (non-hydrogen) atoms. The van der Waals surface area contributed by atoms with Crippen LogP contribution in [-0.2, 0) is 10.3 Å². The minimum Gasteiger partial charge on any atom is -0.478 e. The Kier molecular flexibility index (Phi) is 2.83. The molecule has 1 aromatic carbocycles. The molecule has 1 aromatic rings. The lowest BCUT2D eigenvalue weighted by Gasteiger charge is -2.33. The SMILES string of the molecule is NC1C=C(C(=O)O)C=CC1(N)c1ccccc1. The van der Waals surface area contributed by atoms with E-state index < -0.39 is 17.6 Å². The number of hydrogen-bond acceptors (Lipinski definition) is 3. The van der Waals surface area contributed by atoms with E-state index in [1.807, 2.05) is 30.3 Å². The summed E-state index contributed by atoms with van der Waals surface area (Å²) in [5.41, 5.74) is 12.4. The quantitative estimate of drug-likeness (QED) is 0.699. The second-order valence-corrected chi connectivity index (χ2v) is 4.09. The van der Waals surface area contributed by atoms with Gasteiger partial charge in [0.05, 0.1) is 11.1 Å². The third-order valence-electron chi connectivity index (χ3n) is 2.97. The van der Waals surface area contributed by atoms with Crippen molar-refractivity contribution in [3.8, 4) is 0 Å².